The van der Waals surface area contributed by atoms with Crippen molar-refractivity contribution in [2.75, 3.05) is 19.6 Å². The smallest absolute Gasteiger partial charge is 0.177 e. The molecule has 0 atom stereocenters. The van der Waals surface area contributed by atoms with E-state index in [9.17, 15) is 9.90 Å². The molecule has 1 aromatic rings. The third-order valence-corrected chi connectivity index (χ3v) is 4.07. The SMILES string of the molecule is Cc1cc(C)c(C(=O)CN2CCC(O)CC2)cc1C. The first-order valence-electron chi connectivity index (χ1n) is 6.99. The Morgan fingerprint density at radius 1 is 1.16 bits per heavy atom. The Bertz CT molecular complexity index is 474. The molecule has 0 bridgehead atoms. The Morgan fingerprint density at radius 3 is 2.37 bits per heavy atom. The number of nitrogens with zero attached hydrogens (tertiary/aromatic N) is 1. The minimum atomic E-state index is -0.185. The van der Waals surface area contributed by atoms with Gasteiger partial charge in [0, 0.05) is 18.7 Å². The van der Waals surface area contributed by atoms with Crippen molar-refractivity contribution in [3.05, 3.63) is 34.4 Å². The maximum Gasteiger partial charge on any atom is 0.177 e. The van der Waals surface area contributed by atoms with Crippen molar-refractivity contribution in [2.24, 2.45) is 0 Å². The topological polar surface area (TPSA) is 40.5 Å². The van der Waals surface area contributed by atoms with Crippen molar-refractivity contribution in [1.82, 2.24) is 4.90 Å². The number of Topliss-reactive ketones (excluding diaryl/α,β-unsaturated/α-hetero) is 1. The molecule has 3 heteroatoms. The Hall–Kier alpha value is -1.19. The van der Waals surface area contributed by atoms with E-state index in [4.69, 9.17) is 0 Å². The number of hydrogen-bond donors (Lipinski definition) is 1. The van der Waals surface area contributed by atoms with Crippen LogP contribution in [0.15, 0.2) is 12.1 Å². The summed E-state index contributed by atoms with van der Waals surface area (Å²) in [5, 5.41) is 9.48. The predicted molar refractivity (Wildman–Crippen MR) is 76.7 cm³/mol. The average Bonchev–Trinajstić information content (AvgIpc) is 2.36. The molecular weight excluding hydrogens is 238 g/mol. The monoisotopic (exact) mass is 261 g/mol. The van der Waals surface area contributed by atoms with Crippen LogP contribution in [0.25, 0.3) is 0 Å². The van der Waals surface area contributed by atoms with E-state index in [1.165, 1.54) is 11.1 Å². The molecule has 0 amide bonds. The summed E-state index contributed by atoms with van der Waals surface area (Å²) in [5.74, 6) is 0.192. The maximum atomic E-state index is 12.4. The molecule has 1 saturated heterocycles. The molecular formula is C16H23NO2. The van der Waals surface area contributed by atoms with E-state index >= 15 is 0 Å². The molecule has 1 aliphatic heterocycles. The molecule has 0 aromatic heterocycles. The summed E-state index contributed by atoms with van der Waals surface area (Å²) in [6, 6.07) is 4.09. The number of carbonyl (C=O) groups excluding carboxylic acids is 1. The van der Waals surface area contributed by atoms with Gasteiger partial charge < -0.3 is 5.11 Å². The fraction of sp³-hybridized carbons (Fsp3) is 0.562. The molecule has 0 radical (unpaired) electrons. The predicted octanol–water partition coefficient (Wildman–Crippen LogP) is 2.25. The van der Waals surface area contributed by atoms with Gasteiger partial charge in [0.25, 0.3) is 0 Å². The number of carbonyl (C=O) groups is 1. The summed E-state index contributed by atoms with van der Waals surface area (Å²) in [4.78, 5) is 14.5. The van der Waals surface area contributed by atoms with Gasteiger partial charge in [-0.25, -0.2) is 0 Å². The lowest BCUT2D eigenvalue weighted by Gasteiger charge is -2.29. The summed E-state index contributed by atoms with van der Waals surface area (Å²) in [5.41, 5.74) is 4.30. The molecule has 1 N–H and O–H groups in total. The van der Waals surface area contributed by atoms with Gasteiger partial charge in [0.05, 0.1) is 12.6 Å². The van der Waals surface area contributed by atoms with Crippen LogP contribution in [-0.2, 0) is 0 Å². The van der Waals surface area contributed by atoms with E-state index in [-0.39, 0.29) is 11.9 Å². The lowest BCUT2D eigenvalue weighted by atomic mass is 9.97. The molecule has 0 aliphatic carbocycles. The molecule has 2 rings (SSSR count). The van der Waals surface area contributed by atoms with Gasteiger partial charge in [-0.1, -0.05) is 6.07 Å². The fourth-order valence-corrected chi connectivity index (χ4v) is 2.63. The van der Waals surface area contributed by atoms with Gasteiger partial charge >= 0.3 is 0 Å². The standard InChI is InChI=1S/C16H23NO2/c1-11-8-13(3)15(9-12(11)2)16(19)10-17-6-4-14(18)5-7-17/h8-9,14,18H,4-7,10H2,1-3H3. The number of hydrogen-bond acceptors (Lipinski definition) is 3. The number of rotatable bonds is 3. The normalized spacial score (nSPS) is 17.7. The van der Waals surface area contributed by atoms with Gasteiger partial charge in [0.1, 0.15) is 0 Å². The van der Waals surface area contributed by atoms with Crippen molar-refractivity contribution in [1.29, 1.82) is 0 Å². The second kappa shape index (κ2) is 5.85. The first-order chi connectivity index (χ1) is 8.97. The van der Waals surface area contributed by atoms with E-state index in [0.29, 0.717) is 6.54 Å². The molecule has 1 aliphatic rings. The summed E-state index contributed by atoms with van der Waals surface area (Å²) >= 11 is 0. The van der Waals surface area contributed by atoms with Crippen LogP contribution in [0.1, 0.15) is 39.9 Å². The van der Waals surface area contributed by atoms with Gasteiger partial charge in [-0.3, -0.25) is 9.69 Å². The van der Waals surface area contributed by atoms with Crippen LogP contribution in [0.2, 0.25) is 0 Å². The third kappa shape index (κ3) is 3.43. The van der Waals surface area contributed by atoms with E-state index < -0.39 is 0 Å². The summed E-state index contributed by atoms with van der Waals surface area (Å²) in [7, 11) is 0. The van der Waals surface area contributed by atoms with Gasteiger partial charge in [-0.15, -0.1) is 0 Å². The number of ketones is 1. The van der Waals surface area contributed by atoms with Crippen molar-refractivity contribution in [2.45, 2.75) is 39.7 Å². The molecule has 1 fully saturated rings. The molecule has 3 nitrogen and oxygen atoms in total. The van der Waals surface area contributed by atoms with E-state index in [1.54, 1.807) is 0 Å². The van der Waals surface area contributed by atoms with Crippen LogP contribution < -0.4 is 0 Å². The van der Waals surface area contributed by atoms with Gasteiger partial charge in [-0.2, -0.15) is 0 Å². The number of likely N-dealkylation sites (tertiary alicyclic amines) is 1. The lowest BCUT2D eigenvalue weighted by Crippen LogP contribution is -2.39. The van der Waals surface area contributed by atoms with Crippen LogP contribution >= 0.6 is 0 Å². The fourth-order valence-electron chi connectivity index (χ4n) is 2.63. The van der Waals surface area contributed by atoms with Crippen molar-refractivity contribution in [3.8, 4) is 0 Å². The minimum Gasteiger partial charge on any atom is -0.393 e. The quantitative estimate of drug-likeness (QED) is 0.848. The molecule has 19 heavy (non-hydrogen) atoms. The molecule has 1 aromatic carbocycles. The lowest BCUT2D eigenvalue weighted by molar-refractivity contribution is 0.0710. The second-order valence-corrected chi connectivity index (χ2v) is 5.68. The molecule has 104 valence electrons. The highest BCUT2D eigenvalue weighted by Gasteiger charge is 2.20. The number of piperidine rings is 1. The van der Waals surface area contributed by atoms with Crippen LogP contribution in [0.3, 0.4) is 0 Å². The van der Waals surface area contributed by atoms with Gasteiger partial charge in [0.2, 0.25) is 0 Å². The highest BCUT2D eigenvalue weighted by Crippen LogP contribution is 2.17. The first kappa shape index (κ1) is 14.2. The van der Waals surface area contributed by atoms with Crippen LogP contribution in [0.4, 0.5) is 0 Å². The Morgan fingerprint density at radius 2 is 1.74 bits per heavy atom. The van der Waals surface area contributed by atoms with E-state index in [0.717, 1.165) is 37.1 Å². The zero-order valence-corrected chi connectivity index (χ0v) is 12.1. The zero-order chi connectivity index (χ0) is 14.0. The van der Waals surface area contributed by atoms with Crippen LogP contribution in [0.5, 0.6) is 0 Å². The Labute approximate surface area is 115 Å². The number of aliphatic hydroxyl groups is 1. The first-order valence-corrected chi connectivity index (χ1v) is 6.99. The minimum absolute atomic E-state index is 0.185. The Kier molecular flexibility index (Phi) is 4.38. The second-order valence-electron chi connectivity index (χ2n) is 5.68. The van der Waals surface area contributed by atoms with Crippen LogP contribution in [-0.4, -0.2) is 41.5 Å². The third-order valence-electron chi connectivity index (χ3n) is 4.07. The Balaban J connectivity index is 2.06. The number of aryl methyl sites for hydroxylation is 3. The summed E-state index contributed by atoms with van der Waals surface area (Å²) < 4.78 is 0. The van der Waals surface area contributed by atoms with Crippen molar-refractivity contribution >= 4 is 5.78 Å². The number of aliphatic hydroxyl groups excluding tert-OH is 1. The van der Waals surface area contributed by atoms with Crippen LogP contribution in [0, 0.1) is 20.8 Å². The van der Waals surface area contributed by atoms with Gasteiger partial charge in [-0.05, 0) is 56.4 Å². The summed E-state index contributed by atoms with van der Waals surface area (Å²) in [6.45, 7) is 8.22. The molecule has 0 spiro atoms. The molecule has 1 heterocycles. The molecule has 0 unspecified atom stereocenters. The average molecular weight is 261 g/mol. The van der Waals surface area contributed by atoms with E-state index in [1.807, 2.05) is 19.9 Å². The summed E-state index contributed by atoms with van der Waals surface area (Å²) in [6.07, 6.45) is 1.37. The highest BCUT2D eigenvalue weighted by atomic mass is 16.3. The van der Waals surface area contributed by atoms with Crippen molar-refractivity contribution in [3.63, 3.8) is 0 Å². The highest BCUT2D eigenvalue weighted by molar-refractivity contribution is 5.99. The number of benzene rings is 1. The zero-order valence-electron chi connectivity index (χ0n) is 12.1. The maximum absolute atomic E-state index is 12.4. The molecule has 0 saturated carbocycles. The van der Waals surface area contributed by atoms with Gasteiger partial charge in [0.15, 0.2) is 5.78 Å². The van der Waals surface area contributed by atoms with Crippen molar-refractivity contribution < 1.29 is 9.90 Å². The largest absolute Gasteiger partial charge is 0.393 e. The van der Waals surface area contributed by atoms with E-state index in [2.05, 4.69) is 17.9 Å².